The van der Waals surface area contributed by atoms with E-state index in [0.717, 1.165) is 35.5 Å². The van der Waals surface area contributed by atoms with Gasteiger partial charge in [-0.05, 0) is 86.9 Å². The smallest absolute Gasteiger partial charge is 0.0386 e. The monoisotopic (exact) mass is 458 g/mol. The van der Waals surface area contributed by atoms with Crippen LogP contribution in [0.15, 0.2) is 0 Å². The lowest BCUT2D eigenvalue weighted by atomic mass is 9.64. The molecule has 33 heavy (non-hydrogen) atoms. The van der Waals surface area contributed by atoms with Crippen molar-refractivity contribution in [2.75, 3.05) is 0 Å². The molecule has 0 radical (unpaired) electrons. The third-order valence-electron chi connectivity index (χ3n) is 10.6. The second-order valence-corrected chi connectivity index (χ2v) is 13.0. The summed E-state index contributed by atoms with van der Waals surface area (Å²) in [5.41, 5.74) is 0. The standard InChI is InChI=1S/C33H62/c1-3-5-7-8-9-10-11-13-15-29-18-22-31(23-19-29)33-26-24-32(25-27-33)30-20-16-28(17-21-30)14-12-6-4-2/h28-33H,3-27H2,1-2H3. The largest absolute Gasteiger partial charge is 0.0654 e. The molecule has 3 saturated carbocycles. The lowest BCUT2D eigenvalue weighted by Crippen LogP contribution is -2.29. The molecule has 3 aliphatic rings. The Balaban J connectivity index is 1.20. The van der Waals surface area contributed by atoms with Crippen molar-refractivity contribution in [3.8, 4) is 0 Å². The fourth-order valence-electron chi connectivity index (χ4n) is 8.23. The molecule has 0 N–H and O–H groups in total. The van der Waals surface area contributed by atoms with Crippen LogP contribution in [0.5, 0.6) is 0 Å². The van der Waals surface area contributed by atoms with Crippen molar-refractivity contribution in [1.82, 2.24) is 0 Å². The first kappa shape index (κ1) is 27.6. The highest BCUT2D eigenvalue weighted by molar-refractivity contribution is 4.86. The first-order chi connectivity index (χ1) is 16.3. The molecular weight excluding hydrogens is 396 g/mol. The zero-order chi connectivity index (χ0) is 23.1. The summed E-state index contributed by atoms with van der Waals surface area (Å²) in [4.78, 5) is 0. The second-order valence-electron chi connectivity index (χ2n) is 13.0. The lowest BCUT2D eigenvalue weighted by molar-refractivity contribution is 0.102. The zero-order valence-electron chi connectivity index (χ0n) is 23.1. The Morgan fingerprint density at radius 1 is 0.333 bits per heavy atom. The molecule has 0 aromatic heterocycles. The molecule has 0 heterocycles. The van der Waals surface area contributed by atoms with Crippen LogP contribution >= 0.6 is 0 Å². The average Bonchev–Trinajstić information content (AvgIpc) is 2.87. The maximum atomic E-state index is 2.34. The predicted molar refractivity (Wildman–Crippen MR) is 148 cm³/mol. The SMILES string of the molecule is CCCCCCCCCCC1CCC(C2CCC(C3CCC(CCCCC)CC3)CC2)CC1. The molecule has 3 rings (SSSR count). The number of hydrogen-bond acceptors (Lipinski definition) is 0. The van der Waals surface area contributed by atoms with Gasteiger partial charge >= 0.3 is 0 Å². The van der Waals surface area contributed by atoms with Gasteiger partial charge in [0, 0.05) is 0 Å². The molecule has 3 fully saturated rings. The summed E-state index contributed by atoms with van der Waals surface area (Å²) >= 11 is 0. The summed E-state index contributed by atoms with van der Waals surface area (Å²) < 4.78 is 0. The van der Waals surface area contributed by atoms with E-state index in [1.807, 2.05) is 0 Å². The van der Waals surface area contributed by atoms with Crippen molar-refractivity contribution in [2.45, 2.75) is 174 Å². The van der Waals surface area contributed by atoms with Crippen LogP contribution in [0.2, 0.25) is 0 Å². The molecule has 3 aliphatic carbocycles. The summed E-state index contributed by atoms with van der Waals surface area (Å²) in [6, 6.07) is 0. The van der Waals surface area contributed by atoms with Crippen molar-refractivity contribution in [3.63, 3.8) is 0 Å². The molecule has 0 bridgehead atoms. The van der Waals surface area contributed by atoms with Gasteiger partial charge in [-0.2, -0.15) is 0 Å². The average molecular weight is 459 g/mol. The molecule has 0 unspecified atom stereocenters. The van der Waals surface area contributed by atoms with Gasteiger partial charge in [-0.15, -0.1) is 0 Å². The molecule has 0 aromatic rings. The van der Waals surface area contributed by atoms with Crippen LogP contribution in [0, 0.1) is 35.5 Å². The summed E-state index contributed by atoms with van der Waals surface area (Å²) in [5.74, 6) is 6.60. The maximum Gasteiger partial charge on any atom is -0.0386 e. The van der Waals surface area contributed by atoms with E-state index >= 15 is 0 Å². The maximum absolute atomic E-state index is 2.34. The Kier molecular flexibility index (Phi) is 13.9. The van der Waals surface area contributed by atoms with Gasteiger partial charge in [0.05, 0.1) is 0 Å². The quantitative estimate of drug-likeness (QED) is 0.214. The van der Waals surface area contributed by atoms with Crippen LogP contribution in [0.4, 0.5) is 0 Å². The molecule has 0 spiro atoms. The van der Waals surface area contributed by atoms with Gasteiger partial charge in [-0.25, -0.2) is 0 Å². The second kappa shape index (κ2) is 16.6. The summed E-state index contributed by atoms with van der Waals surface area (Å²) in [5, 5.41) is 0. The molecule has 0 aromatic carbocycles. The molecule has 0 amide bonds. The first-order valence-corrected chi connectivity index (χ1v) is 16.3. The van der Waals surface area contributed by atoms with E-state index in [1.165, 1.54) is 77.0 Å². The predicted octanol–water partition coefficient (Wildman–Crippen LogP) is 11.5. The van der Waals surface area contributed by atoms with Gasteiger partial charge in [-0.3, -0.25) is 0 Å². The normalized spacial score (nSPS) is 33.3. The van der Waals surface area contributed by atoms with Crippen LogP contribution in [0.25, 0.3) is 0 Å². The van der Waals surface area contributed by atoms with Gasteiger partial charge in [0.1, 0.15) is 0 Å². The molecule has 0 heteroatoms. The molecular formula is C33H62. The van der Waals surface area contributed by atoms with Crippen molar-refractivity contribution >= 4 is 0 Å². The highest BCUT2D eigenvalue weighted by Crippen LogP contribution is 2.46. The van der Waals surface area contributed by atoms with Gasteiger partial charge in [0.2, 0.25) is 0 Å². The topological polar surface area (TPSA) is 0 Å². The van der Waals surface area contributed by atoms with Gasteiger partial charge in [-0.1, -0.05) is 123 Å². The molecule has 194 valence electrons. The Hall–Kier alpha value is 0. The Morgan fingerprint density at radius 2 is 0.606 bits per heavy atom. The number of rotatable bonds is 15. The van der Waals surface area contributed by atoms with Crippen LogP contribution in [-0.4, -0.2) is 0 Å². The third-order valence-corrected chi connectivity index (χ3v) is 10.6. The van der Waals surface area contributed by atoms with Crippen molar-refractivity contribution in [3.05, 3.63) is 0 Å². The lowest BCUT2D eigenvalue weighted by Gasteiger charge is -2.41. The van der Waals surface area contributed by atoms with Gasteiger partial charge < -0.3 is 0 Å². The highest BCUT2D eigenvalue weighted by atomic mass is 14.4. The van der Waals surface area contributed by atoms with E-state index in [2.05, 4.69) is 13.8 Å². The Bertz CT molecular complexity index is 443. The Morgan fingerprint density at radius 3 is 1.00 bits per heavy atom. The first-order valence-electron chi connectivity index (χ1n) is 16.3. The zero-order valence-corrected chi connectivity index (χ0v) is 23.1. The number of unbranched alkanes of at least 4 members (excludes halogenated alkanes) is 9. The molecule has 0 nitrogen and oxygen atoms in total. The number of hydrogen-bond donors (Lipinski definition) is 0. The van der Waals surface area contributed by atoms with Crippen molar-refractivity contribution in [1.29, 1.82) is 0 Å². The van der Waals surface area contributed by atoms with Crippen LogP contribution in [-0.2, 0) is 0 Å². The molecule has 0 saturated heterocycles. The minimum absolute atomic E-state index is 1.09. The van der Waals surface area contributed by atoms with E-state index in [9.17, 15) is 0 Å². The highest BCUT2D eigenvalue weighted by Gasteiger charge is 2.34. The van der Waals surface area contributed by atoms with Gasteiger partial charge in [0.15, 0.2) is 0 Å². The van der Waals surface area contributed by atoms with Crippen LogP contribution in [0.1, 0.15) is 174 Å². The van der Waals surface area contributed by atoms with E-state index in [-0.39, 0.29) is 0 Å². The minimum atomic E-state index is 1.09. The third kappa shape index (κ3) is 10.3. The van der Waals surface area contributed by atoms with Crippen molar-refractivity contribution < 1.29 is 0 Å². The van der Waals surface area contributed by atoms with Crippen molar-refractivity contribution in [2.24, 2.45) is 35.5 Å². The summed E-state index contributed by atoms with van der Waals surface area (Å²) in [6.45, 7) is 4.66. The fourth-order valence-corrected chi connectivity index (χ4v) is 8.23. The van der Waals surface area contributed by atoms with Crippen LogP contribution < -0.4 is 0 Å². The van der Waals surface area contributed by atoms with E-state index in [0.29, 0.717) is 0 Å². The van der Waals surface area contributed by atoms with E-state index in [4.69, 9.17) is 0 Å². The van der Waals surface area contributed by atoms with Crippen LogP contribution in [0.3, 0.4) is 0 Å². The molecule has 0 atom stereocenters. The molecule has 0 aliphatic heterocycles. The van der Waals surface area contributed by atoms with Gasteiger partial charge in [0.25, 0.3) is 0 Å². The summed E-state index contributed by atoms with van der Waals surface area (Å²) in [7, 11) is 0. The fraction of sp³-hybridized carbons (Fsp3) is 1.00. The van der Waals surface area contributed by atoms with E-state index in [1.54, 1.807) is 83.5 Å². The summed E-state index contributed by atoms with van der Waals surface area (Å²) in [6.07, 6.45) is 38.2. The minimum Gasteiger partial charge on any atom is -0.0654 e. The Labute approximate surface area is 209 Å². The van der Waals surface area contributed by atoms with E-state index < -0.39 is 0 Å².